The predicted octanol–water partition coefficient (Wildman–Crippen LogP) is 2.86. The Morgan fingerprint density at radius 2 is 2.20 bits per heavy atom. The van der Waals surface area contributed by atoms with Crippen molar-refractivity contribution in [1.82, 2.24) is 5.16 Å². The van der Waals surface area contributed by atoms with E-state index in [1.807, 2.05) is 0 Å². The fraction of sp³-hybridized carbons (Fsp3) is 0.231. The zero-order valence-corrected chi connectivity index (χ0v) is 12.2. The van der Waals surface area contributed by atoms with Gasteiger partial charge in [-0.05, 0) is 18.2 Å². The van der Waals surface area contributed by atoms with Gasteiger partial charge in [-0.3, -0.25) is 0 Å². The molecule has 0 saturated carbocycles. The molecular weight excluding hydrogens is 330 g/mol. The number of benzene rings is 1. The summed E-state index contributed by atoms with van der Waals surface area (Å²) < 4.78 is 16.1. The molecular formula is C13H12BrNO5. The van der Waals surface area contributed by atoms with Gasteiger partial charge in [0.05, 0.1) is 0 Å². The predicted molar refractivity (Wildman–Crippen MR) is 72.6 cm³/mol. The minimum atomic E-state index is -1.05. The van der Waals surface area contributed by atoms with E-state index in [1.54, 1.807) is 25.3 Å². The third-order valence-corrected chi connectivity index (χ3v) is 2.94. The summed E-state index contributed by atoms with van der Waals surface area (Å²) >= 11 is 3.27. The van der Waals surface area contributed by atoms with E-state index in [-0.39, 0.29) is 17.9 Å². The fourth-order valence-electron chi connectivity index (χ4n) is 1.58. The van der Waals surface area contributed by atoms with Gasteiger partial charge >= 0.3 is 5.97 Å². The second-order valence-corrected chi connectivity index (χ2v) is 4.87. The molecule has 0 aliphatic rings. The first-order valence-corrected chi connectivity index (χ1v) is 6.48. The van der Waals surface area contributed by atoms with E-state index in [1.165, 1.54) is 6.07 Å². The molecule has 0 aliphatic heterocycles. The summed E-state index contributed by atoms with van der Waals surface area (Å²) in [6.07, 6.45) is 0. The number of aromatic nitrogens is 1. The molecule has 1 heterocycles. The fourth-order valence-corrected chi connectivity index (χ4v) is 1.92. The van der Waals surface area contributed by atoms with E-state index in [0.29, 0.717) is 18.1 Å². The molecule has 2 rings (SSSR count). The van der Waals surface area contributed by atoms with Crippen molar-refractivity contribution in [3.05, 3.63) is 45.8 Å². The van der Waals surface area contributed by atoms with Gasteiger partial charge in [0.2, 0.25) is 0 Å². The highest BCUT2D eigenvalue weighted by Gasteiger charge is 2.13. The van der Waals surface area contributed by atoms with Gasteiger partial charge in [0, 0.05) is 17.6 Å². The summed E-state index contributed by atoms with van der Waals surface area (Å²) in [5.74, 6) is -0.199. The third kappa shape index (κ3) is 3.58. The molecule has 0 aliphatic carbocycles. The van der Waals surface area contributed by atoms with Crippen molar-refractivity contribution in [3.8, 4) is 5.75 Å². The lowest BCUT2D eigenvalue weighted by Gasteiger charge is -2.07. The van der Waals surface area contributed by atoms with Gasteiger partial charge in [0.15, 0.2) is 5.76 Å². The van der Waals surface area contributed by atoms with Crippen LogP contribution in [0, 0.1) is 0 Å². The summed E-state index contributed by atoms with van der Waals surface area (Å²) in [7, 11) is 1.55. The molecule has 7 heteroatoms. The van der Waals surface area contributed by atoms with Crippen molar-refractivity contribution in [2.24, 2.45) is 0 Å². The maximum atomic E-state index is 11.1. The summed E-state index contributed by atoms with van der Waals surface area (Å²) in [6.45, 7) is 0.439. The average Bonchev–Trinajstić information content (AvgIpc) is 2.84. The van der Waals surface area contributed by atoms with E-state index < -0.39 is 5.97 Å². The van der Waals surface area contributed by atoms with Crippen LogP contribution in [0.15, 0.2) is 33.3 Å². The molecule has 1 aromatic heterocycles. The monoisotopic (exact) mass is 341 g/mol. The van der Waals surface area contributed by atoms with Crippen LogP contribution in [0.4, 0.5) is 0 Å². The highest BCUT2D eigenvalue weighted by Crippen LogP contribution is 2.24. The molecule has 6 nitrogen and oxygen atoms in total. The molecule has 0 saturated heterocycles. The standard InChI is InChI=1S/C13H12BrNO5/c1-18-7-10-5-9(15-20-10)6-19-12-4-8(14)2-3-11(12)13(16)17/h2-5H,6-7H2,1H3,(H,16,17). The van der Waals surface area contributed by atoms with E-state index >= 15 is 0 Å². The Bertz CT molecular complexity index is 611. The normalized spacial score (nSPS) is 10.5. The van der Waals surface area contributed by atoms with E-state index in [9.17, 15) is 4.79 Å². The SMILES string of the molecule is COCc1cc(COc2cc(Br)ccc2C(=O)O)no1. The Labute approximate surface area is 123 Å². The first-order chi connectivity index (χ1) is 9.60. The highest BCUT2D eigenvalue weighted by molar-refractivity contribution is 9.10. The molecule has 20 heavy (non-hydrogen) atoms. The van der Waals surface area contributed by atoms with Gasteiger partial charge in [0.25, 0.3) is 0 Å². The average molecular weight is 342 g/mol. The van der Waals surface area contributed by atoms with Gasteiger partial charge in [0.1, 0.15) is 30.2 Å². The molecule has 0 spiro atoms. The largest absolute Gasteiger partial charge is 0.486 e. The molecule has 1 aromatic carbocycles. The van der Waals surface area contributed by atoms with Crippen LogP contribution in [-0.2, 0) is 18.0 Å². The van der Waals surface area contributed by atoms with Crippen LogP contribution in [0.25, 0.3) is 0 Å². The highest BCUT2D eigenvalue weighted by atomic mass is 79.9. The molecule has 106 valence electrons. The van der Waals surface area contributed by atoms with Crippen LogP contribution in [0.1, 0.15) is 21.8 Å². The number of nitrogens with zero attached hydrogens (tertiary/aromatic N) is 1. The van der Waals surface area contributed by atoms with Crippen LogP contribution in [-0.4, -0.2) is 23.3 Å². The number of ether oxygens (including phenoxy) is 2. The first kappa shape index (κ1) is 14.5. The molecule has 0 amide bonds. The van der Waals surface area contributed by atoms with Crippen molar-refractivity contribution in [2.75, 3.05) is 7.11 Å². The maximum absolute atomic E-state index is 11.1. The summed E-state index contributed by atoms with van der Waals surface area (Å²) in [6, 6.07) is 6.41. The number of halogens is 1. The number of carbonyl (C=O) groups is 1. The maximum Gasteiger partial charge on any atom is 0.339 e. The van der Waals surface area contributed by atoms with Crippen LogP contribution in [0.2, 0.25) is 0 Å². The molecule has 2 aromatic rings. The van der Waals surface area contributed by atoms with Crippen molar-refractivity contribution in [2.45, 2.75) is 13.2 Å². The zero-order chi connectivity index (χ0) is 14.5. The minimum absolute atomic E-state index is 0.0915. The molecule has 0 fully saturated rings. The van der Waals surface area contributed by atoms with Crippen LogP contribution < -0.4 is 4.74 Å². The van der Waals surface area contributed by atoms with Crippen molar-refractivity contribution in [3.63, 3.8) is 0 Å². The lowest BCUT2D eigenvalue weighted by Crippen LogP contribution is -2.03. The Hall–Kier alpha value is -1.86. The van der Waals surface area contributed by atoms with Gasteiger partial charge < -0.3 is 19.1 Å². The number of rotatable bonds is 6. The van der Waals surface area contributed by atoms with Gasteiger partial charge in [-0.2, -0.15) is 0 Å². The second-order valence-electron chi connectivity index (χ2n) is 3.95. The van der Waals surface area contributed by atoms with Gasteiger partial charge in [-0.25, -0.2) is 4.79 Å². The van der Waals surface area contributed by atoms with E-state index in [0.717, 1.165) is 4.47 Å². The van der Waals surface area contributed by atoms with Crippen molar-refractivity contribution < 1.29 is 23.9 Å². The topological polar surface area (TPSA) is 81.8 Å². The molecule has 0 atom stereocenters. The van der Waals surface area contributed by atoms with Gasteiger partial charge in [-0.1, -0.05) is 21.1 Å². The second kappa shape index (κ2) is 6.53. The Morgan fingerprint density at radius 3 is 2.90 bits per heavy atom. The summed E-state index contributed by atoms with van der Waals surface area (Å²) in [5, 5.41) is 12.9. The van der Waals surface area contributed by atoms with Crippen molar-refractivity contribution >= 4 is 21.9 Å². The smallest absolute Gasteiger partial charge is 0.339 e. The molecule has 0 bridgehead atoms. The van der Waals surface area contributed by atoms with E-state index in [2.05, 4.69) is 21.1 Å². The number of carboxylic acid groups (broad SMARTS) is 1. The number of hydrogen-bond acceptors (Lipinski definition) is 5. The van der Waals surface area contributed by atoms with Crippen LogP contribution in [0.3, 0.4) is 0 Å². The Balaban J connectivity index is 2.09. The van der Waals surface area contributed by atoms with Crippen LogP contribution in [0.5, 0.6) is 5.75 Å². The lowest BCUT2D eigenvalue weighted by molar-refractivity contribution is 0.0691. The first-order valence-electron chi connectivity index (χ1n) is 5.69. The zero-order valence-electron chi connectivity index (χ0n) is 10.6. The summed E-state index contributed by atoms with van der Waals surface area (Å²) in [4.78, 5) is 11.1. The Kier molecular flexibility index (Phi) is 4.75. The molecule has 1 N–H and O–H groups in total. The van der Waals surface area contributed by atoms with Crippen LogP contribution >= 0.6 is 15.9 Å². The number of aromatic carboxylic acids is 1. The third-order valence-electron chi connectivity index (χ3n) is 2.44. The number of carboxylic acids is 1. The van der Waals surface area contributed by atoms with E-state index in [4.69, 9.17) is 19.1 Å². The summed E-state index contributed by atoms with van der Waals surface area (Å²) in [5.41, 5.74) is 0.655. The lowest BCUT2D eigenvalue weighted by atomic mass is 10.2. The molecule has 0 unspecified atom stereocenters. The van der Waals surface area contributed by atoms with Gasteiger partial charge in [-0.15, -0.1) is 0 Å². The minimum Gasteiger partial charge on any atom is -0.486 e. The number of methoxy groups -OCH3 is 1. The Morgan fingerprint density at radius 1 is 1.40 bits per heavy atom. The van der Waals surface area contributed by atoms with Crippen molar-refractivity contribution in [1.29, 1.82) is 0 Å². The molecule has 0 radical (unpaired) electrons. The number of hydrogen-bond donors (Lipinski definition) is 1. The quantitative estimate of drug-likeness (QED) is 0.869.